The number of nitrogen functional groups attached to an aromatic ring is 1. The van der Waals surface area contributed by atoms with Gasteiger partial charge in [-0.3, -0.25) is 10.2 Å². The number of benzene rings is 3. The first-order valence-corrected chi connectivity index (χ1v) is 9.82. The fourth-order valence-electron chi connectivity index (χ4n) is 3.99. The number of carboxylic acid groups (broad SMARTS) is 1. The maximum absolute atomic E-state index is 11.8. The molecule has 0 spiro atoms. The summed E-state index contributed by atoms with van der Waals surface area (Å²) < 4.78 is 0. The quantitative estimate of drug-likeness (QED) is 0.363. The molecule has 3 aromatic carbocycles. The van der Waals surface area contributed by atoms with Crippen LogP contribution in [0.5, 0.6) is 0 Å². The maximum Gasteiger partial charge on any atom is 0.336 e. The third-order valence-corrected chi connectivity index (χ3v) is 5.53. The number of primary amides is 1. The molecule has 1 aliphatic heterocycles. The Bertz CT molecular complexity index is 1220. The molecule has 4 rings (SSSR count). The summed E-state index contributed by atoms with van der Waals surface area (Å²) in [6.45, 7) is 1.52. The van der Waals surface area contributed by atoms with Crippen molar-refractivity contribution in [2.45, 2.75) is 13.0 Å². The molecule has 0 saturated heterocycles. The highest BCUT2D eigenvalue weighted by molar-refractivity contribution is 6.01. The number of rotatable bonds is 6. The Morgan fingerprint density at radius 3 is 2.48 bits per heavy atom. The van der Waals surface area contributed by atoms with Crippen LogP contribution in [0.4, 0.5) is 5.69 Å². The minimum Gasteiger partial charge on any atom is -0.478 e. The molecule has 1 aliphatic rings. The molecule has 7 nitrogen and oxygen atoms in total. The fourth-order valence-corrected chi connectivity index (χ4v) is 3.99. The summed E-state index contributed by atoms with van der Waals surface area (Å²) in [6, 6.07) is 18.0. The van der Waals surface area contributed by atoms with Crippen molar-refractivity contribution in [3.05, 3.63) is 88.5 Å². The van der Waals surface area contributed by atoms with Gasteiger partial charge in [0, 0.05) is 29.9 Å². The largest absolute Gasteiger partial charge is 0.478 e. The molecule has 6 N–H and O–H groups in total. The van der Waals surface area contributed by atoms with Gasteiger partial charge in [0.25, 0.3) is 0 Å². The van der Waals surface area contributed by atoms with Crippen LogP contribution in [0.3, 0.4) is 0 Å². The molecule has 0 atom stereocenters. The van der Waals surface area contributed by atoms with Crippen LogP contribution in [0.2, 0.25) is 0 Å². The van der Waals surface area contributed by atoms with Crippen LogP contribution < -0.4 is 16.4 Å². The normalized spacial score (nSPS) is 12.5. The van der Waals surface area contributed by atoms with E-state index in [9.17, 15) is 14.7 Å². The third kappa shape index (κ3) is 3.98. The van der Waals surface area contributed by atoms with Crippen molar-refractivity contribution < 1.29 is 14.7 Å². The van der Waals surface area contributed by atoms with Crippen molar-refractivity contribution in [1.29, 1.82) is 5.41 Å². The molecule has 0 aliphatic carbocycles. The highest BCUT2D eigenvalue weighted by Crippen LogP contribution is 2.31. The van der Waals surface area contributed by atoms with Crippen LogP contribution in [0.25, 0.3) is 11.1 Å². The van der Waals surface area contributed by atoms with Crippen LogP contribution >= 0.6 is 0 Å². The molecule has 0 unspecified atom stereocenters. The zero-order valence-corrected chi connectivity index (χ0v) is 16.8. The van der Waals surface area contributed by atoms with Gasteiger partial charge in [0.05, 0.1) is 5.56 Å². The second-order valence-electron chi connectivity index (χ2n) is 7.56. The van der Waals surface area contributed by atoms with Crippen molar-refractivity contribution in [3.63, 3.8) is 0 Å². The summed E-state index contributed by atoms with van der Waals surface area (Å²) in [4.78, 5) is 25.5. The number of carbonyl (C=O) groups is 2. The predicted octanol–water partition coefficient (Wildman–Crippen LogP) is 3.00. The molecule has 0 aromatic heterocycles. The molecule has 1 amide bonds. The molecule has 156 valence electrons. The first-order valence-electron chi connectivity index (χ1n) is 9.82. The fraction of sp³-hybridized carbons (Fsp3) is 0.125. The second-order valence-corrected chi connectivity index (χ2v) is 7.56. The van der Waals surface area contributed by atoms with E-state index in [0.29, 0.717) is 12.1 Å². The molecule has 0 radical (unpaired) electrons. The number of amides is 1. The predicted molar refractivity (Wildman–Crippen MR) is 120 cm³/mol. The lowest BCUT2D eigenvalue weighted by Crippen LogP contribution is -2.19. The zero-order valence-electron chi connectivity index (χ0n) is 16.8. The monoisotopic (exact) mass is 414 g/mol. The number of hydrogen-bond donors (Lipinski definition) is 4. The Morgan fingerprint density at radius 1 is 1.00 bits per heavy atom. The highest BCUT2D eigenvalue weighted by Gasteiger charge is 2.20. The minimum atomic E-state index is -1.11. The molecule has 7 heteroatoms. The van der Waals surface area contributed by atoms with Crippen molar-refractivity contribution in [2.24, 2.45) is 11.5 Å². The number of aromatic carboxylic acids is 1. The summed E-state index contributed by atoms with van der Waals surface area (Å²) in [7, 11) is 0. The number of nitrogens with two attached hydrogens (primary N) is 2. The van der Waals surface area contributed by atoms with E-state index in [2.05, 4.69) is 4.90 Å². The number of amidine groups is 1. The first-order chi connectivity index (χ1) is 14.8. The Kier molecular flexibility index (Phi) is 5.17. The van der Waals surface area contributed by atoms with Crippen LogP contribution in [-0.2, 0) is 13.0 Å². The third-order valence-electron chi connectivity index (χ3n) is 5.53. The second kappa shape index (κ2) is 7.95. The van der Waals surface area contributed by atoms with E-state index < -0.39 is 11.9 Å². The number of carbonyl (C=O) groups excluding carboxylic acids is 1. The van der Waals surface area contributed by atoms with Crippen LogP contribution in [0.1, 0.15) is 37.4 Å². The molecule has 0 fully saturated rings. The Labute approximate surface area is 179 Å². The van der Waals surface area contributed by atoms with Gasteiger partial charge in [-0.15, -0.1) is 0 Å². The van der Waals surface area contributed by atoms with E-state index in [4.69, 9.17) is 16.9 Å². The number of carboxylic acids is 1. The van der Waals surface area contributed by atoms with Crippen LogP contribution in [-0.4, -0.2) is 29.4 Å². The van der Waals surface area contributed by atoms with E-state index >= 15 is 0 Å². The van der Waals surface area contributed by atoms with Gasteiger partial charge in [-0.25, -0.2) is 4.79 Å². The smallest absolute Gasteiger partial charge is 0.336 e. The van der Waals surface area contributed by atoms with Crippen LogP contribution in [0.15, 0.2) is 60.7 Å². The molecule has 3 aromatic rings. The van der Waals surface area contributed by atoms with Crippen molar-refractivity contribution >= 4 is 23.4 Å². The van der Waals surface area contributed by atoms with Crippen molar-refractivity contribution in [2.75, 3.05) is 11.4 Å². The molecule has 31 heavy (non-hydrogen) atoms. The van der Waals surface area contributed by atoms with Gasteiger partial charge in [-0.2, -0.15) is 0 Å². The average Bonchev–Trinajstić information content (AvgIpc) is 3.15. The molecule has 0 saturated carbocycles. The van der Waals surface area contributed by atoms with E-state index in [1.54, 1.807) is 12.1 Å². The Hall–Kier alpha value is -4.13. The number of anilines is 1. The molecule has 0 bridgehead atoms. The summed E-state index contributed by atoms with van der Waals surface area (Å²) in [5.74, 6) is -1.72. The summed E-state index contributed by atoms with van der Waals surface area (Å²) >= 11 is 0. The van der Waals surface area contributed by atoms with Gasteiger partial charge in [-0.05, 0) is 65.1 Å². The van der Waals surface area contributed by atoms with Gasteiger partial charge in [0.2, 0.25) is 5.91 Å². The number of hydrogen-bond acceptors (Lipinski definition) is 4. The van der Waals surface area contributed by atoms with Gasteiger partial charge < -0.3 is 21.5 Å². The molecular weight excluding hydrogens is 392 g/mol. The minimum absolute atomic E-state index is 0.0386. The Morgan fingerprint density at radius 2 is 1.77 bits per heavy atom. The molecular formula is C24H22N4O3. The summed E-state index contributed by atoms with van der Waals surface area (Å²) in [5, 5.41) is 17.2. The van der Waals surface area contributed by atoms with E-state index in [1.165, 1.54) is 11.6 Å². The molecule has 1 heterocycles. The van der Waals surface area contributed by atoms with Crippen molar-refractivity contribution in [3.8, 4) is 11.1 Å². The summed E-state index contributed by atoms with van der Waals surface area (Å²) in [5.41, 5.74) is 16.4. The topological polar surface area (TPSA) is 134 Å². The van der Waals surface area contributed by atoms with Gasteiger partial charge in [0.15, 0.2) is 0 Å². The van der Waals surface area contributed by atoms with Gasteiger partial charge >= 0.3 is 5.97 Å². The summed E-state index contributed by atoms with van der Waals surface area (Å²) in [6.07, 6.45) is 0.883. The highest BCUT2D eigenvalue weighted by atomic mass is 16.4. The first kappa shape index (κ1) is 20.2. The lowest BCUT2D eigenvalue weighted by molar-refractivity contribution is 0.0697. The standard InChI is InChI=1S/C24H22N4O3/c25-22(26)17-5-7-21-16(11-17)8-9-28(21)13-14-2-1-3-15(10-14)19-6-4-18(23(27)29)12-20(19)24(30)31/h1-7,10-12H,8-9,13H2,(H3,25,26)(H2,27,29)(H,30,31). The zero-order chi connectivity index (χ0) is 22.1. The average molecular weight is 414 g/mol. The van der Waals surface area contributed by atoms with Gasteiger partial charge in [-0.1, -0.05) is 24.3 Å². The Balaban J connectivity index is 1.63. The number of nitrogens with one attached hydrogen (secondary N) is 1. The lowest BCUT2D eigenvalue weighted by atomic mass is 9.96. The van der Waals surface area contributed by atoms with E-state index in [-0.39, 0.29) is 17.0 Å². The van der Waals surface area contributed by atoms with E-state index in [1.807, 2.05) is 42.5 Å². The SMILES string of the molecule is N=C(N)c1ccc2c(c1)CCN2Cc1cccc(-c2ccc(C(N)=O)cc2C(=O)O)c1. The van der Waals surface area contributed by atoms with E-state index in [0.717, 1.165) is 35.3 Å². The number of nitrogens with zero attached hydrogens (tertiary/aromatic N) is 1. The lowest BCUT2D eigenvalue weighted by Gasteiger charge is -2.20. The van der Waals surface area contributed by atoms with Crippen molar-refractivity contribution in [1.82, 2.24) is 0 Å². The number of fused-ring (bicyclic) bond motifs is 1. The van der Waals surface area contributed by atoms with Crippen LogP contribution in [0, 0.1) is 5.41 Å². The maximum atomic E-state index is 11.8. The van der Waals surface area contributed by atoms with Gasteiger partial charge in [0.1, 0.15) is 5.84 Å².